The minimum atomic E-state index is 0.199. The molecule has 0 aliphatic carbocycles. The van der Waals surface area contributed by atoms with Gasteiger partial charge in [-0.05, 0) is 13.0 Å². The Morgan fingerprint density at radius 1 is 1.36 bits per heavy atom. The van der Waals surface area contributed by atoms with E-state index in [0.717, 1.165) is 19.5 Å². The van der Waals surface area contributed by atoms with E-state index in [4.69, 9.17) is 11.0 Å². The summed E-state index contributed by atoms with van der Waals surface area (Å²) in [6.07, 6.45) is 1.09. The van der Waals surface area contributed by atoms with Gasteiger partial charge in [-0.3, -0.25) is 4.90 Å². The van der Waals surface area contributed by atoms with E-state index >= 15 is 0 Å². The van der Waals surface area contributed by atoms with Crippen molar-refractivity contribution in [2.75, 3.05) is 32.8 Å². The molecule has 0 aliphatic rings. The molecule has 4 nitrogen and oxygen atoms in total. The number of aliphatic hydroxyl groups excluding tert-OH is 1. The average molecular weight is 162 g/mol. The number of hydrogen-bond acceptors (Lipinski definition) is 4. The van der Waals surface area contributed by atoms with E-state index in [1.165, 1.54) is 0 Å². The lowest BCUT2D eigenvalue weighted by Crippen LogP contribution is -2.31. The van der Waals surface area contributed by atoms with E-state index in [1.807, 2.05) is 0 Å². The smallest absolute Gasteiger partial charge is 0.0806 e. The Balaban J connectivity index is 3.34. The molecular formula is C7H18N2O2. The van der Waals surface area contributed by atoms with Gasteiger partial charge >= 0.3 is 0 Å². The maximum absolute atomic E-state index is 8.65. The van der Waals surface area contributed by atoms with Crippen LogP contribution in [-0.4, -0.2) is 42.9 Å². The Kier molecular flexibility index (Phi) is 7.83. The molecule has 11 heavy (non-hydrogen) atoms. The van der Waals surface area contributed by atoms with Crippen LogP contribution in [0.3, 0.4) is 0 Å². The third-order valence-corrected chi connectivity index (χ3v) is 1.48. The summed E-state index contributed by atoms with van der Waals surface area (Å²) in [7, 11) is 0. The molecule has 0 aromatic rings. The van der Waals surface area contributed by atoms with E-state index in [0.29, 0.717) is 13.2 Å². The first-order valence-electron chi connectivity index (χ1n) is 4.00. The van der Waals surface area contributed by atoms with Gasteiger partial charge in [0.25, 0.3) is 0 Å². The Labute approximate surface area is 67.9 Å². The molecule has 0 atom stereocenters. The van der Waals surface area contributed by atoms with Gasteiger partial charge in [-0.25, -0.2) is 5.90 Å². The number of nitrogens with two attached hydrogens (primary N) is 1. The predicted octanol–water partition coefficient (Wildman–Crippen LogP) is -0.419. The van der Waals surface area contributed by atoms with Crippen LogP contribution < -0.4 is 5.90 Å². The summed E-state index contributed by atoms with van der Waals surface area (Å²) in [6.45, 7) is 5.32. The first-order chi connectivity index (χ1) is 5.35. The van der Waals surface area contributed by atoms with E-state index in [2.05, 4.69) is 16.7 Å². The molecule has 4 heteroatoms. The molecule has 0 fully saturated rings. The number of nitrogens with zero attached hydrogens (tertiary/aromatic N) is 1. The summed E-state index contributed by atoms with van der Waals surface area (Å²) < 4.78 is 0. The zero-order valence-corrected chi connectivity index (χ0v) is 7.12. The maximum Gasteiger partial charge on any atom is 0.0806 e. The van der Waals surface area contributed by atoms with Gasteiger partial charge < -0.3 is 9.94 Å². The zero-order chi connectivity index (χ0) is 8.53. The van der Waals surface area contributed by atoms with Crippen molar-refractivity contribution in [2.24, 2.45) is 5.90 Å². The summed E-state index contributed by atoms with van der Waals surface area (Å²) >= 11 is 0. The van der Waals surface area contributed by atoms with Crippen LogP contribution in [0.2, 0.25) is 0 Å². The topological polar surface area (TPSA) is 58.7 Å². The Morgan fingerprint density at radius 2 is 2.09 bits per heavy atom. The van der Waals surface area contributed by atoms with Crippen molar-refractivity contribution in [3.63, 3.8) is 0 Å². The average Bonchev–Trinajstić information content (AvgIpc) is 2.01. The van der Waals surface area contributed by atoms with Gasteiger partial charge in [0.15, 0.2) is 0 Å². The van der Waals surface area contributed by atoms with Crippen LogP contribution in [0.5, 0.6) is 0 Å². The molecule has 0 spiro atoms. The lowest BCUT2D eigenvalue weighted by atomic mass is 10.4. The second-order valence-corrected chi connectivity index (χ2v) is 2.44. The van der Waals surface area contributed by atoms with Crippen LogP contribution in [0.25, 0.3) is 0 Å². The fraction of sp³-hybridized carbons (Fsp3) is 1.00. The zero-order valence-electron chi connectivity index (χ0n) is 7.12. The molecular weight excluding hydrogens is 144 g/mol. The van der Waals surface area contributed by atoms with Crippen molar-refractivity contribution >= 4 is 0 Å². The monoisotopic (exact) mass is 162 g/mol. The van der Waals surface area contributed by atoms with Gasteiger partial charge in [-0.1, -0.05) is 6.92 Å². The van der Waals surface area contributed by atoms with Crippen LogP contribution in [0.1, 0.15) is 13.3 Å². The first-order valence-corrected chi connectivity index (χ1v) is 4.00. The molecule has 0 amide bonds. The van der Waals surface area contributed by atoms with Crippen molar-refractivity contribution in [2.45, 2.75) is 13.3 Å². The van der Waals surface area contributed by atoms with Gasteiger partial charge in [-0.2, -0.15) is 0 Å². The quantitative estimate of drug-likeness (QED) is 0.499. The highest BCUT2D eigenvalue weighted by Gasteiger charge is 2.00. The number of aliphatic hydroxyl groups is 1. The van der Waals surface area contributed by atoms with Crippen molar-refractivity contribution in [1.82, 2.24) is 4.90 Å². The predicted molar refractivity (Wildman–Crippen MR) is 44.0 cm³/mol. The Hall–Kier alpha value is -0.160. The highest BCUT2D eigenvalue weighted by molar-refractivity contribution is 4.54. The van der Waals surface area contributed by atoms with Crippen LogP contribution in [0, 0.1) is 0 Å². The van der Waals surface area contributed by atoms with E-state index in [-0.39, 0.29) is 6.61 Å². The SMILES string of the molecule is CCCN(CCO)CCON. The Morgan fingerprint density at radius 3 is 2.55 bits per heavy atom. The van der Waals surface area contributed by atoms with Crippen LogP contribution in [0.15, 0.2) is 0 Å². The summed E-state index contributed by atoms with van der Waals surface area (Å²) in [6, 6.07) is 0. The summed E-state index contributed by atoms with van der Waals surface area (Å²) in [5.74, 6) is 4.88. The number of hydrogen-bond donors (Lipinski definition) is 2. The van der Waals surface area contributed by atoms with Crippen LogP contribution in [-0.2, 0) is 4.84 Å². The fourth-order valence-corrected chi connectivity index (χ4v) is 0.975. The van der Waals surface area contributed by atoms with Crippen molar-refractivity contribution < 1.29 is 9.94 Å². The molecule has 0 aliphatic heterocycles. The Bertz CT molecular complexity index is 74.8. The maximum atomic E-state index is 8.65. The van der Waals surface area contributed by atoms with E-state index in [9.17, 15) is 0 Å². The van der Waals surface area contributed by atoms with Gasteiger partial charge in [0.1, 0.15) is 0 Å². The van der Waals surface area contributed by atoms with Crippen molar-refractivity contribution in [3.05, 3.63) is 0 Å². The molecule has 0 radical (unpaired) electrons. The third kappa shape index (κ3) is 6.25. The lowest BCUT2D eigenvalue weighted by molar-refractivity contribution is 0.0969. The third-order valence-electron chi connectivity index (χ3n) is 1.48. The second-order valence-electron chi connectivity index (χ2n) is 2.44. The summed E-state index contributed by atoms with van der Waals surface area (Å²) in [5, 5.41) is 8.65. The van der Waals surface area contributed by atoms with Crippen molar-refractivity contribution in [1.29, 1.82) is 0 Å². The highest BCUT2D eigenvalue weighted by atomic mass is 16.6. The largest absolute Gasteiger partial charge is 0.395 e. The van der Waals surface area contributed by atoms with Gasteiger partial charge in [-0.15, -0.1) is 0 Å². The molecule has 0 bridgehead atoms. The van der Waals surface area contributed by atoms with E-state index in [1.54, 1.807) is 0 Å². The minimum Gasteiger partial charge on any atom is -0.395 e. The molecule has 0 rings (SSSR count). The summed E-state index contributed by atoms with van der Waals surface area (Å²) in [5.41, 5.74) is 0. The molecule has 0 unspecified atom stereocenters. The summed E-state index contributed by atoms with van der Waals surface area (Å²) in [4.78, 5) is 6.56. The lowest BCUT2D eigenvalue weighted by Gasteiger charge is -2.19. The highest BCUT2D eigenvalue weighted by Crippen LogP contribution is 1.89. The molecule has 0 saturated heterocycles. The number of rotatable bonds is 7. The fourth-order valence-electron chi connectivity index (χ4n) is 0.975. The van der Waals surface area contributed by atoms with Gasteiger partial charge in [0, 0.05) is 13.1 Å². The standard InChI is InChI=1S/C7H18N2O2/c1-2-3-9(4-6-10)5-7-11-8/h10H,2-8H2,1H3. The molecule has 0 aromatic carbocycles. The van der Waals surface area contributed by atoms with Crippen LogP contribution in [0.4, 0.5) is 0 Å². The van der Waals surface area contributed by atoms with E-state index < -0.39 is 0 Å². The van der Waals surface area contributed by atoms with Crippen molar-refractivity contribution in [3.8, 4) is 0 Å². The molecule has 68 valence electrons. The van der Waals surface area contributed by atoms with Gasteiger partial charge in [0.2, 0.25) is 0 Å². The molecule has 3 N–H and O–H groups in total. The molecule has 0 aromatic heterocycles. The van der Waals surface area contributed by atoms with Gasteiger partial charge in [0.05, 0.1) is 13.2 Å². The minimum absolute atomic E-state index is 0.199. The first kappa shape index (κ1) is 10.8. The molecule has 0 saturated carbocycles. The molecule has 0 heterocycles. The van der Waals surface area contributed by atoms with Crippen LogP contribution >= 0.6 is 0 Å². The normalized spacial score (nSPS) is 10.9. The second kappa shape index (κ2) is 7.94.